The maximum atomic E-state index is 12.9. The van der Waals surface area contributed by atoms with Crippen LogP contribution in [0.15, 0.2) is 42.5 Å². The molecule has 2 saturated heterocycles. The number of carbonyl (C=O) groups excluding carboxylic acids is 2. The van der Waals surface area contributed by atoms with Crippen LogP contribution < -0.4 is 15.5 Å². The Morgan fingerprint density at radius 2 is 1.72 bits per heavy atom. The number of amides is 2. The Hall–Kier alpha value is -3.23. The molecule has 2 aromatic carbocycles. The lowest BCUT2D eigenvalue weighted by atomic mass is 9.96. The molecule has 1 atom stereocenters. The Bertz CT molecular complexity index is 1080. The van der Waals surface area contributed by atoms with Crippen LogP contribution in [0.5, 0.6) is 0 Å². The minimum atomic E-state index is -4.11. The number of nitrogens with zero attached hydrogens (tertiary/aromatic N) is 2. The van der Waals surface area contributed by atoms with E-state index in [-0.39, 0.29) is 37.0 Å². The third-order valence-electron chi connectivity index (χ3n) is 7.24. The average Bonchev–Trinajstić information content (AvgIpc) is 3.24. The van der Waals surface area contributed by atoms with Crippen LogP contribution in [0.25, 0.3) is 0 Å². The molecule has 1 unspecified atom stereocenters. The van der Waals surface area contributed by atoms with Crippen LogP contribution >= 0.6 is 0 Å². The van der Waals surface area contributed by atoms with E-state index in [0.717, 1.165) is 28.2 Å². The first-order valence-corrected chi connectivity index (χ1v) is 12.5. The molecular weight excluding hydrogens is 469 g/mol. The quantitative estimate of drug-likeness (QED) is 0.559. The number of piperidine rings is 1. The lowest BCUT2D eigenvalue weighted by Gasteiger charge is -2.34. The number of carbonyl (C=O) groups is 2. The van der Waals surface area contributed by atoms with Crippen molar-refractivity contribution in [1.82, 2.24) is 10.2 Å². The van der Waals surface area contributed by atoms with E-state index in [1.54, 1.807) is 4.90 Å². The summed E-state index contributed by atoms with van der Waals surface area (Å²) in [6.07, 6.45) is -3.57. The highest BCUT2D eigenvalue weighted by atomic mass is 19.4. The van der Waals surface area contributed by atoms with E-state index in [0.29, 0.717) is 32.7 Å². The molecule has 4 rings (SSSR count). The molecule has 2 aliphatic rings. The van der Waals surface area contributed by atoms with Crippen LogP contribution in [0.3, 0.4) is 0 Å². The van der Waals surface area contributed by atoms with Gasteiger partial charge in [0.25, 0.3) is 0 Å². The van der Waals surface area contributed by atoms with Crippen LogP contribution in [-0.2, 0) is 16.1 Å². The molecule has 2 fully saturated rings. The van der Waals surface area contributed by atoms with Crippen molar-refractivity contribution >= 4 is 28.9 Å². The van der Waals surface area contributed by atoms with Crippen LogP contribution in [0.4, 0.5) is 30.2 Å². The third-order valence-corrected chi connectivity index (χ3v) is 7.24. The molecule has 0 aliphatic carbocycles. The summed E-state index contributed by atoms with van der Waals surface area (Å²) in [5.41, 5.74) is 4.75. The highest BCUT2D eigenvalue weighted by Gasteiger charge is 2.41. The highest BCUT2D eigenvalue weighted by Crippen LogP contribution is 2.35. The number of hydrogen-bond donors (Lipinski definition) is 2. The van der Waals surface area contributed by atoms with Gasteiger partial charge in [0, 0.05) is 56.2 Å². The largest absolute Gasteiger partial charge is 0.391 e. The zero-order valence-electron chi connectivity index (χ0n) is 20.7. The van der Waals surface area contributed by atoms with Crippen LogP contribution in [0, 0.1) is 18.8 Å². The molecule has 194 valence electrons. The molecule has 0 aromatic heterocycles. The van der Waals surface area contributed by atoms with E-state index in [1.807, 2.05) is 61.2 Å². The summed E-state index contributed by atoms with van der Waals surface area (Å²) in [6, 6.07) is 13.6. The Kier molecular flexibility index (Phi) is 7.76. The Balaban J connectivity index is 1.28. The third kappa shape index (κ3) is 6.12. The van der Waals surface area contributed by atoms with E-state index < -0.39 is 12.1 Å². The van der Waals surface area contributed by atoms with Gasteiger partial charge in [0.2, 0.25) is 11.8 Å². The summed E-state index contributed by atoms with van der Waals surface area (Å²) in [4.78, 5) is 28.1. The zero-order chi connectivity index (χ0) is 25.9. The molecule has 36 heavy (non-hydrogen) atoms. The van der Waals surface area contributed by atoms with Crippen molar-refractivity contribution in [3.05, 3.63) is 53.6 Å². The zero-order valence-corrected chi connectivity index (χ0v) is 20.7. The number of likely N-dealkylation sites (tertiary alicyclic amines) is 1. The van der Waals surface area contributed by atoms with Crippen molar-refractivity contribution in [2.24, 2.45) is 11.8 Å². The Labute approximate surface area is 209 Å². The second-order valence-corrected chi connectivity index (χ2v) is 9.67. The summed E-state index contributed by atoms with van der Waals surface area (Å²) in [6.45, 7) is 6.22. The van der Waals surface area contributed by atoms with Gasteiger partial charge < -0.3 is 20.4 Å². The van der Waals surface area contributed by atoms with Crippen molar-refractivity contribution in [1.29, 1.82) is 0 Å². The van der Waals surface area contributed by atoms with Gasteiger partial charge in [-0.05, 0) is 74.2 Å². The fraction of sp³-hybridized carbons (Fsp3) is 0.481. The van der Waals surface area contributed by atoms with Crippen molar-refractivity contribution in [2.75, 3.05) is 36.4 Å². The number of nitrogens with one attached hydrogen (secondary N) is 2. The molecule has 0 saturated carbocycles. The maximum Gasteiger partial charge on any atom is 0.391 e. The molecule has 9 heteroatoms. The summed E-state index contributed by atoms with van der Waals surface area (Å²) < 4.78 is 38.7. The Morgan fingerprint density at radius 3 is 2.31 bits per heavy atom. The standard InChI is InChI=1S/C27H33F3N4O2/c1-3-33-17-20(15-25(33)35)26(36)31-16-19-4-5-23(14-18(19)2)32-22-6-8-24(9-7-22)34-12-10-21(11-13-34)27(28,29)30/h4-9,14,20-21,32H,3,10-13,15-17H2,1-2H3,(H,31,36). The summed E-state index contributed by atoms with van der Waals surface area (Å²) in [5, 5.41) is 6.32. The van der Waals surface area contributed by atoms with E-state index in [1.165, 1.54) is 0 Å². The number of benzene rings is 2. The number of rotatable bonds is 7. The predicted molar refractivity (Wildman–Crippen MR) is 134 cm³/mol. The van der Waals surface area contributed by atoms with Crippen LogP contribution in [-0.4, -0.2) is 49.1 Å². The lowest BCUT2D eigenvalue weighted by molar-refractivity contribution is -0.179. The normalized spacial score (nSPS) is 19.0. The average molecular weight is 503 g/mol. The van der Waals surface area contributed by atoms with Gasteiger partial charge >= 0.3 is 6.18 Å². The molecule has 2 aliphatic heterocycles. The summed E-state index contributed by atoms with van der Waals surface area (Å²) >= 11 is 0. The smallest absolute Gasteiger partial charge is 0.372 e. The predicted octanol–water partition coefficient (Wildman–Crippen LogP) is 5.00. The molecule has 6 nitrogen and oxygen atoms in total. The molecular formula is C27H33F3N4O2. The van der Waals surface area contributed by atoms with Gasteiger partial charge in [-0.25, -0.2) is 0 Å². The van der Waals surface area contributed by atoms with Crippen LogP contribution in [0.2, 0.25) is 0 Å². The monoisotopic (exact) mass is 502 g/mol. The van der Waals surface area contributed by atoms with Gasteiger partial charge in [0.15, 0.2) is 0 Å². The van der Waals surface area contributed by atoms with Crippen molar-refractivity contribution < 1.29 is 22.8 Å². The molecule has 2 amide bonds. The first kappa shape index (κ1) is 25.9. The maximum absolute atomic E-state index is 12.9. The van der Waals surface area contributed by atoms with E-state index in [9.17, 15) is 22.8 Å². The van der Waals surface area contributed by atoms with Gasteiger partial charge in [0.05, 0.1) is 11.8 Å². The highest BCUT2D eigenvalue weighted by molar-refractivity contribution is 5.89. The van der Waals surface area contributed by atoms with Crippen molar-refractivity contribution in [3.63, 3.8) is 0 Å². The fourth-order valence-electron chi connectivity index (χ4n) is 4.94. The molecule has 2 N–H and O–H groups in total. The van der Waals surface area contributed by atoms with E-state index >= 15 is 0 Å². The lowest BCUT2D eigenvalue weighted by Crippen LogP contribution is -2.38. The van der Waals surface area contributed by atoms with E-state index in [4.69, 9.17) is 0 Å². The van der Waals surface area contributed by atoms with Crippen molar-refractivity contribution in [3.8, 4) is 0 Å². The minimum absolute atomic E-state index is 0.0308. The second kappa shape index (κ2) is 10.8. The van der Waals surface area contributed by atoms with Gasteiger partial charge in [-0.15, -0.1) is 0 Å². The van der Waals surface area contributed by atoms with Gasteiger partial charge in [-0.3, -0.25) is 9.59 Å². The number of aryl methyl sites for hydroxylation is 1. The van der Waals surface area contributed by atoms with Crippen molar-refractivity contribution in [2.45, 2.75) is 45.8 Å². The van der Waals surface area contributed by atoms with Gasteiger partial charge in [-0.2, -0.15) is 13.2 Å². The first-order valence-electron chi connectivity index (χ1n) is 12.5. The molecule has 0 spiro atoms. The van der Waals surface area contributed by atoms with Gasteiger partial charge in [0.1, 0.15) is 0 Å². The molecule has 2 aromatic rings. The molecule has 0 radical (unpaired) electrons. The second-order valence-electron chi connectivity index (χ2n) is 9.67. The molecule has 2 heterocycles. The topological polar surface area (TPSA) is 64.7 Å². The molecule has 0 bridgehead atoms. The summed E-state index contributed by atoms with van der Waals surface area (Å²) in [5.74, 6) is -1.56. The van der Waals surface area contributed by atoms with Crippen LogP contribution in [0.1, 0.15) is 37.3 Å². The number of alkyl halides is 3. The summed E-state index contributed by atoms with van der Waals surface area (Å²) in [7, 11) is 0. The van der Waals surface area contributed by atoms with E-state index in [2.05, 4.69) is 10.6 Å². The fourth-order valence-corrected chi connectivity index (χ4v) is 4.94. The number of halogens is 3. The minimum Gasteiger partial charge on any atom is -0.372 e. The first-order chi connectivity index (χ1) is 17.1. The number of anilines is 3. The van der Waals surface area contributed by atoms with Gasteiger partial charge in [-0.1, -0.05) is 6.07 Å². The Morgan fingerprint density at radius 1 is 1.06 bits per heavy atom. The number of hydrogen-bond acceptors (Lipinski definition) is 4. The SMILES string of the molecule is CCN1CC(C(=O)NCc2ccc(Nc3ccc(N4CCC(C(F)(F)F)CC4)cc3)cc2C)CC1=O.